The highest BCUT2D eigenvalue weighted by molar-refractivity contribution is 7.99. The predicted octanol–water partition coefficient (Wildman–Crippen LogP) is 5.62. The zero-order valence-electron chi connectivity index (χ0n) is 19.9. The minimum atomic E-state index is -4.59. The van der Waals surface area contributed by atoms with Crippen molar-refractivity contribution in [1.82, 2.24) is 10.2 Å². The van der Waals surface area contributed by atoms with Crippen LogP contribution in [0.2, 0.25) is 0 Å². The summed E-state index contributed by atoms with van der Waals surface area (Å²) in [5.74, 6) is 0.0624. The summed E-state index contributed by atoms with van der Waals surface area (Å²) in [7, 11) is 1.51. The third kappa shape index (κ3) is 7.38. The Morgan fingerprint density at radius 2 is 1.71 bits per heavy atom. The number of nitrogens with zero attached hydrogens (tertiary/aromatic N) is 1. The number of hydrogen-bond acceptors (Lipinski definition) is 4. The van der Waals surface area contributed by atoms with Crippen molar-refractivity contribution in [1.29, 1.82) is 0 Å². The molecule has 0 aliphatic carbocycles. The number of carbonyl (C=O) groups is 2. The van der Waals surface area contributed by atoms with Gasteiger partial charge in [0.1, 0.15) is 0 Å². The van der Waals surface area contributed by atoms with Crippen LogP contribution in [0.4, 0.5) is 23.7 Å². The van der Waals surface area contributed by atoms with E-state index in [0.29, 0.717) is 53.6 Å². The maximum atomic E-state index is 13.5. The van der Waals surface area contributed by atoms with Crippen LogP contribution in [0.15, 0.2) is 52.3 Å². The molecule has 0 spiro atoms. The first-order valence-corrected chi connectivity index (χ1v) is 12.2. The van der Waals surface area contributed by atoms with Crippen molar-refractivity contribution in [3.8, 4) is 0 Å². The lowest BCUT2D eigenvalue weighted by Gasteiger charge is -2.39. The zero-order chi connectivity index (χ0) is 25.8. The van der Waals surface area contributed by atoms with Gasteiger partial charge in [-0.2, -0.15) is 13.2 Å². The van der Waals surface area contributed by atoms with Crippen LogP contribution < -0.4 is 10.6 Å². The quantitative estimate of drug-likeness (QED) is 0.472. The highest BCUT2D eigenvalue weighted by Crippen LogP contribution is 2.37. The van der Waals surface area contributed by atoms with E-state index in [9.17, 15) is 27.9 Å². The van der Waals surface area contributed by atoms with E-state index in [2.05, 4.69) is 10.6 Å². The van der Waals surface area contributed by atoms with Crippen molar-refractivity contribution in [3.63, 3.8) is 0 Å². The summed E-state index contributed by atoms with van der Waals surface area (Å²) in [4.78, 5) is 26.9. The van der Waals surface area contributed by atoms with E-state index in [1.807, 2.05) is 13.8 Å². The van der Waals surface area contributed by atoms with Crippen molar-refractivity contribution in [3.05, 3.63) is 53.6 Å². The maximum absolute atomic E-state index is 13.5. The second-order valence-electron chi connectivity index (χ2n) is 9.19. The van der Waals surface area contributed by atoms with Crippen LogP contribution in [0.5, 0.6) is 0 Å². The van der Waals surface area contributed by atoms with Crippen LogP contribution >= 0.6 is 11.8 Å². The molecule has 0 aromatic heterocycles. The standard InChI is InChI=1S/C25H30F3N3O3S/c1-16(2)15-24(34)8-10-31(11-9-24)23(33)30-19-12-18(25(26,27)28)13-21(14-19)35-20-6-4-17(5-7-20)22(32)29-3/h4-7,12-14,16,34H,8-11,15H2,1-3H3,(H,29,32)(H,30,33). The van der Waals surface area contributed by atoms with Crippen LogP contribution in [0.25, 0.3) is 0 Å². The summed E-state index contributed by atoms with van der Waals surface area (Å²) in [6.07, 6.45) is -3.10. The third-order valence-electron chi connectivity index (χ3n) is 5.83. The van der Waals surface area contributed by atoms with E-state index in [1.54, 1.807) is 24.3 Å². The molecule has 0 atom stereocenters. The number of amides is 3. The van der Waals surface area contributed by atoms with Gasteiger partial charge in [-0.1, -0.05) is 25.6 Å². The van der Waals surface area contributed by atoms with Crippen molar-refractivity contribution in [2.24, 2.45) is 5.92 Å². The lowest BCUT2D eigenvalue weighted by molar-refractivity contribution is -0.137. The largest absolute Gasteiger partial charge is 0.416 e. The Labute approximate surface area is 207 Å². The van der Waals surface area contributed by atoms with Gasteiger partial charge in [-0.3, -0.25) is 4.79 Å². The van der Waals surface area contributed by atoms with E-state index in [0.717, 1.165) is 23.9 Å². The fraction of sp³-hybridized carbons (Fsp3) is 0.440. The van der Waals surface area contributed by atoms with Crippen molar-refractivity contribution >= 4 is 29.4 Å². The fourth-order valence-corrected chi connectivity index (χ4v) is 5.06. The van der Waals surface area contributed by atoms with E-state index in [1.165, 1.54) is 18.0 Å². The number of benzene rings is 2. The van der Waals surface area contributed by atoms with Crippen molar-refractivity contribution in [2.45, 2.75) is 54.7 Å². The molecule has 0 saturated carbocycles. The predicted molar refractivity (Wildman–Crippen MR) is 130 cm³/mol. The number of anilines is 1. The minimum Gasteiger partial charge on any atom is -0.390 e. The van der Waals surface area contributed by atoms with Crippen LogP contribution in [-0.4, -0.2) is 47.7 Å². The van der Waals surface area contributed by atoms with Gasteiger partial charge in [0, 0.05) is 41.2 Å². The van der Waals surface area contributed by atoms with Crippen molar-refractivity contribution in [2.75, 3.05) is 25.5 Å². The highest BCUT2D eigenvalue weighted by Gasteiger charge is 2.35. The molecule has 3 amide bonds. The molecule has 2 aromatic rings. The summed E-state index contributed by atoms with van der Waals surface area (Å²) in [5, 5.41) is 15.8. The molecular formula is C25H30F3N3O3S. The Kier molecular flexibility index (Phi) is 8.38. The summed E-state index contributed by atoms with van der Waals surface area (Å²) in [6, 6.07) is 9.42. The Morgan fingerprint density at radius 3 is 2.26 bits per heavy atom. The molecule has 6 nitrogen and oxygen atoms in total. The Bertz CT molecular complexity index is 1050. The molecule has 35 heavy (non-hydrogen) atoms. The molecule has 190 valence electrons. The molecule has 1 aliphatic heterocycles. The molecule has 0 bridgehead atoms. The summed E-state index contributed by atoms with van der Waals surface area (Å²) in [6.45, 7) is 4.70. The summed E-state index contributed by atoms with van der Waals surface area (Å²) < 4.78 is 40.6. The van der Waals surface area contributed by atoms with Gasteiger partial charge in [0.15, 0.2) is 0 Å². The molecule has 0 unspecified atom stereocenters. The number of halogens is 3. The fourth-order valence-electron chi connectivity index (χ4n) is 4.14. The van der Waals surface area contributed by atoms with Gasteiger partial charge in [0.25, 0.3) is 5.91 Å². The van der Waals surface area contributed by atoms with Gasteiger partial charge in [-0.25, -0.2) is 4.79 Å². The molecule has 3 N–H and O–H groups in total. The number of hydrogen-bond donors (Lipinski definition) is 3. The number of likely N-dealkylation sites (tertiary alicyclic amines) is 1. The average Bonchev–Trinajstić information content (AvgIpc) is 2.78. The first kappa shape index (κ1) is 26.9. The normalized spacial score (nSPS) is 15.7. The summed E-state index contributed by atoms with van der Waals surface area (Å²) in [5.41, 5.74) is -1.21. The zero-order valence-corrected chi connectivity index (χ0v) is 20.7. The molecule has 1 aliphatic rings. The minimum absolute atomic E-state index is 0.0392. The number of alkyl halides is 3. The van der Waals surface area contributed by atoms with E-state index < -0.39 is 23.4 Å². The number of nitrogens with one attached hydrogen (secondary N) is 2. The first-order chi connectivity index (χ1) is 16.4. The van der Waals surface area contributed by atoms with E-state index >= 15 is 0 Å². The average molecular weight is 510 g/mol. The number of piperidine rings is 1. The smallest absolute Gasteiger partial charge is 0.390 e. The molecule has 10 heteroatoms. The molecule has 3 rings (SSSR count). The molecule has 1 heterocycles. The number of carbonyl (C=O) groups excluding carboxylic acids is 2. The van der Waals surface area contributed by atoms with Gasteiger partial charge < -0.3 is 20.6 Å². The Hall–Kier alpha value is -2.72. The van der Waals surface area contributed by atoms with Gasteiger partial charge in [0.2, 0.25) is 0 Å². The highest BCUT2D eigenvalue weighted by atomic mass is 32.2. The molecular weight excluding hydrogens is 479 g/mol. The van der Waals surface area contributed by atoms with Crippen LogP contribution in [0.3, 0.4) is 0 Å². The molecule has 0 radical (unpaired) electrons. The van der Waals surface area contributed by atoms with Crippen LogP contribution in [-0.2, 0) is 6.18 Å². The van der Waals surface area contributed by atoms with Gasteiger partial charge in [0.05, 0.1) is 11.2 Å². The first-order valence-electron chi connectivity index (χ1n) is 11.4. The number of urea groups is 1. The van der Waals surface area contributed by atoms with Crippen LogP contribution in [0.1, 0.15) is 49.0 Å². The Morgan fingerprint density at radius 1 is 1.09 bits per heavy atom. The van der Waals surface area contributed by atoms with E-state index in [4.69, 9.17) is 0 Å². The van der Waals surface area contributed by atoms with Gasteiger partial charge >= 0.3 is 12.2 Å². The second kappa shape index (κ2) is 10.9. The topological polar surface area (TPSA) is 81.7 Å². The second-order valence-corrected chi connectivity index (χ2v) is 10.3. The molecule has 1 fully saturated rings. The molecule has 2 aromatic carbocycles. The van der Waals surface area contributed by atoms with Gasteiger partial charge in [-0.05, 0) is 67.6 Å². The van der Waals surface area contributed by atoms with E-state index in [-0.39, 0.29) is 11.6 Å². The maximum Gasteiger partial charge on any atom is 0.416 e. The number of rotatable bonds is 6. The third-order valence-corrected chi connectivity index (χ3v) is 6.81. The molecule has 1 saturated heterocycles. The monoisotopic (exact) mass is 509 g/mol. The van der Waals surface area contributed by atoms with Crippen LogP contribution in [0, 0.1) is 5.92 Å². The van der Waals surface area contributed by atoms with Gasteiger partial charge in [-0.15, -0.1) is 0 Å². The lowest BCUT2D eigenvalue weighted by atomic mass is 9.84. The summed E-state index contributed by atoms with van der Waals surface area (Å²) >= 11 is 1.10. The lowest BCUT2D eigenvalue weighted by Crippen LogP contribution is -2.48. The number of aliphatic hydroxyl groups is 1. The Balaban J connectivity index is 1.74. The van der Waals surface area contributed by atoms with Crippen molar-refractivity contribution < 1.29 is 27.9 Å². The SMILES string of the molecule is CNC(=O)c1ccc(Sc2cc(NC(=O)N3CCC(O)(CC(C)C)CC3)cc(C(F)(F)F)c2)cc1.